The summed E-state index contributed by atoms with van der Waals surface area (Å²) in [4.78, 5) is 0. The van der Waals surface area contributed by atoms with E-state index in [0.717, 1.165) is 77.5 Å². The molecule has 0 saturated heterocycles. The van der Waals surface area contributed by atoms with E-state index in [-0.39, 0.29) is 16.4 Å². The van der Waals surface area contributed by atoms with Gasteiger partial charge in [0.25, 0.3) is 0 Å². The van der Waals surface area contributed by atoms with Gasteiger partial charge in [-0.3, -0.25) is 0 Å². The molecule has 0 fully saturated rings. The van der Waals surface area contributed by atoms with Crippen LogP contribution in [0.1, 0.15) is 11.3 Å². The van der Waals surface area contributed by atoms with Crippen LogP contribution in [0.2, 0.25) is 0 Å². The second-order valence-corrected chi connectivity index (χ2v) is 15.3. The van der Waals surface area contributed by atoms with Crippen molar-refractivity contribution < 1.29 is 0 Å². The third kappa shape index (κ3) is 4.97. The van der Waals surface area contributed by atoms with Crippen molar-refractivity contribution in [3.63, 3.8) is 0 Å². The Balaban J connectivity index is 1.21. The molecule has 268 valence electrons. The van der Waals surface area contributed by atoms with Crippen LogP contribution in [0.5, 0.6) is 0 Å². The fourth-order valence-corrected chi connectivity index (χ4v) is 9.52. The number of aromatic nitrogens is 3. The lowest BCUT2D eigenvalue weighted by molar-refractivity contribution is 1.10. The van der Waals surface area contributed by atoms with Gasteiger partial charge in [0.2, 0.25) is 0 Å². The second kappa shape index (κ2) is 13.5. The first-order valence-electron chi connectivity index (χ1n) is 19.8. The van der Waals surface area contributed by atoms with E-state index in [9.17, 15) is 0 Å². The Labute approximate surface area is 354 Å². The van der Waals surface area contributed by atoms with Gasteiger partial charge in [0.05, 0.1) is 39.0 Å². The number of rotatable bonds is 6. The molecule has 60 heavy (non-hydrogen) atoms. The highest BCUT2D eigenvalue weighted by atomic mass is 15.0. The van der Waals surface area contributed by atoms with E-state index >= 15 is 0 Å². The maximum atomic E-state index is 6.47. The fraction of sp³-hybridized carbons (Fsp3) is 0. The molecular weight excluding hydrogens is 721 g/mol. The zero-order valence-corrected chi connectivity index (χ0v) is 32.7. The topological polar surface area (TPSA) is 14.8 Å². The summed E-state index contributed by atoms with van der Waals surface area (Å²) in [5.74, 6) is 0. The van der Waals surface area contributed by atoms with Crippen LogP contribution >= 0.6 is 0 Å². The molecule has 3 aromatic heterocycles. The third-order valence-electron chi connectivity index (χ3n) is 12.3. The normalized spacial score (nSPS) is 11.8. The van der Waals surface area contributed by atoms with Crippen LogP contribution in [-0.2, 0) is 0 Å². The van der Waals surface area contributed by atoms with Gasteiger partial charge in [0, 0.05) is 54.6 Å². The molecule has 11 rings (SSSR count). The van der Waals surface area contributed by atoms with Crippen molar-refractivity contribution >= 4 is 144 Å². The van der Waals surface area contributed by atoms with E-state index in [1.54, 1.807) is 0 Å². The van der Waals surface area contributed by atoms with Crippen molar-refractivity contribution in [1.82, 2.24) is 13.7 Å². The lowest BCUT2D eigenvalue weighted by atomic mass is 9.60. The van der Waals surface area contributed by atoms with E-state index in [2.05, 4.69) is 148 Å². The van der Waals surface area contributed by atoms with Crippen LogP contribution in [0.4, 0.5) is 0 Å². The summed E-state index contributed by atoms with van der Waals surface area (Å²) in [6.45, 7) is 8.54. The summed E-state index contributed by atoms with van der Waals surface area (Å²) in [5.41, 5.74) is 13.2. The van der Waals surface area contributed by atoms with Gasteiger partial charge in [-0.2, -0.15) is 0 Å². The maximum absolute atomic E-state index is 6.47. The van der Waals surface area contributed by atoms with Crippen LogP contribution in [0.25, 0.3) is 106 Å². The first-order chi connectivity index (χ1) is 29.3. The van der Waals surface area contributed by atoms with Gasteiger partial charge < -0.3 is 13.7 Å². The van der Waals surface area contributed by atoms with Crippen molar-refractivity contribution in [1.29, 1.82) is 0 Å². The predicted molar refractivity (Wildman–Crippen MR) is 262 cm³/mol. The summed E-state index contributed by atoms with van der Waals surface area (Å²) in [5, 5.41) is 8.09. The van der Waals surface area contributed by atoms with E-state index in [1.807, 2.05) is 36.4 Å². The van der Waals surface area contributed by atoms with Gasteiger partial charge in [-0.1, -0.05) is 121 Å². The number of fused-ring (bicyclic) bond motifs is 9. The molecule has 8 aromatic carbocycles. The molecule has 0 spiro atoms. The highest BCUT2D eigenvalue weighted by Crippen LogP contribution is 2.44. The molecule has 3 heterocycles. The summed E-state index contributed by atoms with van der Waals surface area (Å²) in [6, 6.07) is 51.8. The molecule has 8 heteroatoms. The standard InChI is InChI=1S/C52H30B5N3/c1-3-32-37-26-38-34-17-10-13-21-42(34)60(43-27-39-35-18-11-12-20-41(35)59(30-14-6-5-7-15-30)52(39)36-19-9-8-16-33(36)43)45(38)28-44(37)58(40(32)4-2)31-24-22-29(23-25-31)46-47(53)49(55)51(57)50(56)48(46)54/h3-28H,1-2H2. The summed E-state index contributed by atoms with van der Waals surface area (Å²) in [6.07, 6.45) is 3.81. The monoisotopic (exact) mass is 751 g/mol. The Hall–Kier alpha value is -7.04. The Kier molecular flexibility index (Phi) is 8.12. The van der Waals surface area contributed by atoms with Crippen LogP contribution in [0.3, 0.4) is 0 Å². The Morgan fingerprint density at radius 2 is 0.917 bits per heavy atom. The second-order valence-electron chi connectivity index (χ2n) is 15.3. The Morgan fingerprint density at radius 1 is 0.383 bits per heavy atom. The van der Waals surface area contributed by atoms with Gasteiger partial charge >= 0.3 is 0 Å². The van der Waals surface area contributed by atoms with Crippen molar-refractivity contribution in [3.8, 4) is 28.2 Å². The summed E-state index contributed by atoms with van der Waals surface area (Å²) >= 11 is 0. The highest BCUT2D eigenvalue weighted by Gasteiger charge is 2.23. The third-order valence-corrected chi connectivity index (χ3v) is 12.3. The molecule has 0 aliphatic carbocycles. The zero-order chi connectivity index (χ0) is 41.0. The van der Waals surface area contributed by atoms with Crippen LogP contribution in [0.15, 0.2) is 159 Å². The number of hydrogen-bond acceptors (Lipinski definition) is 0. The highest BCUT2D eigenvalue weighted by molar-refractivity contribution is 6.68. The Bertz CT molecular complexity index is 3600. The Morgan fingerprint density at radius 3 is 1.57 bits per heavy atom. The minimum atomic E-state index is 0.187. The van der Waals surface area contributed by atoms with E-state index in [4.69, 9.17) is 39.2 Å². The van der Waals surface area contributed by atoms with Crippen molar-refractivity contribution in [2.24, 2.45) is 0 Å². The molecule has 11 aromatic rings. The first kappa shape index (κ1) is 36.1. The molecule has 0 N–H and O–H groups in total. The lowest BCUT2D eigenvalue weighted by Gasteiger charge is -2.21. The van der Waals surface area contributed by atoms with Crippen LogP contribution < -0.4 is 27.3 Å². The van der Waals surface area contributed by atoms with Crippen molar-refractivity contribution in [2.45, 2.75) is 0 Å². The molecule has 0 aliphatic heterocycles. The van der Waals surface area contributed by atoms with Crippen molar-refractivity contribution in [3.05, 3.63) is 170 Å². The summed E-state index contributed by atoms with van der Waals surface area (Å²) < 4.78 is 7.07. The van der Waals surface area contributed by atoms with Crippen LogP contribution in [0, 0.1) is 0 Å². The smallest absolute Gasteiger partial charge is 0.113 e. The molecule has 3 nitrogen and oxygen atoms in total. The van der Waals surface area contributed by atoms with E-state index in [1.165, 1.54) is 21.7 Å². The molecule has 0 unspecified atom stereocenters. The van der Waals surface area contributed by atoms with Crippen LogP contribution in [-0.4, -0.2) is 52.9 Å². The van der Waals surface area contributed by atoms with E-state index in [0.29, 0.717) is 16.5 Å². The number of para-hydroxylation sites is 3. The van der Waals surface area contributed by atoms with Gasteiger partial charge in [-0.25, -0.2) is 0 Å². The van der Waals surface area contributed by atoms with E-state index < -0.39 is 0 Å². The molecule has 10 radical (unpaired) electrons. The number of hydrogen-bond donors (Lipinski definition) is 0. The molecule has 0 bridgehead atoms. The fourth-order valence-electron chi connectivity index (χ4n) is 9.52. The number of benzene rings is 8. The first-order valence-corrected chi connectivity index (χ1v) is 19.8. The minimum Gasteiger partial charge on any atom is -0.309 e. The van der Waals surface area contributed by atoms with Gasteiger partial charge in [0.1, 0.15) is 39.2 Å². The van der Waals surface area contributed by atoms with Gasteiger partial charge in [0.15, 0.2) is 0 Å². The molecule has 0 aliphatic rings. The molecule has 0 atom stereocenters. The zero-order valence-electron chi connectivity index (χ0n) is 32.7. The average molecular weight is 751 g/mol. The van der Waals surface area contributed by atoms with Gasteiger partial charge in [-0.15, -0.1) is 16.4 Å². The maximum Gasteiger partial charge on any atom is 0.113 e. The summed E-state index contributed by atoms with van der Waals surface area (Å²) in [7, 11) is 31.5. The SMILES string of the molecule is [B]c1c([B])c([B])c(-c2ccc(-n3c(C=C)c(C=C)c4cc5c6ccccc6n(-c6cc7c8ccccc8n(-c8ccccc8)c7c7ccccc67)c5cc43)cc2)c([B])c1[B]. The molecule has 0 saturated carbocycles. The lowest BCUT2D eigenvalue weighted by Crippen LogP contribution is -2.55. The predicted octanol–water partition coefficient (Wildman–Crippen LogP) is 7.90. The largest absolute Gasteiger partial charge is 0.309 e. The average Bonchev–Trinajstić information content (AvgIpc) is 3.92. The molecule has 0 amide bonds. The quantitative estimate of drug-likeness (QED) is 0.154. The molecular formula is C52H30B5N3. The minimum absolute atomic E-state index is 0.187. The van der Waals surface area contributed by atoms with Gasteiger partial charge in [-0.05, 0) is 71.8 Å². The van der Waals surface area contributed by atoms with Crippen molar-refractivity contribution in [2.75, 3.05) is 0 Å². The number of nitrogens with zero attached hydrogens (tertiary/aromatic N) is 3.